The summed E-state index contributed by atoms with van der Waals surface area (Å²) in [4.78, 5) is 28.9. The lowest BCUT2D eigenvalue weighted by molar-refractivity contribution is -0.132. The molecule has 3 rings (SSSR count). The average Bonchev–Trinajstić information content (AvgIpc) is 2.72. The fourth-order valence-corrected chi connectivity index (χ4v) is 3.72. The number of carbonyl (C=O) groups is 2. The Labute approximate surface area is 173 Å². The van der Waals surface area contributed by atoms with Crippen molar-refractivity contribution in [1.29, 1.82) is 0 Å². The molecule has 1 saturated heterocycles. The van der Waals surface area contributed by atoms with E-state index in [2.05, 4.69) is 0 Å². The first-order chi connectivity index (χ1) is 14.0. The molecule has 2 aromatic carbocycles. The zero-order chi connectivity index (χ0) is 20.8. The Morgan fingerprint density at radius 3 is 2.07 bits per heavy atom. The van der Waals surface area contributed by atoms with E-state index >= 15 is 0 Å². The third-order valence-corrected chi connectivity index (χ3v) is 5.49. The molecule has 0 aromatic heterocycles. The lowest BCUT2D eigenvalue weighted by Gasteiger charge is -2.35. The molecule has 1 heterocycles. The van der Waals surface area contributed by atoms with Gasteiger partial charge in [-0.25, -0.2) is 0 Å². The van der Waals surface area contributed by atoms with Gasteiger partial charge in [-0.1, -0.05) is 36.4 Å². The van der Waals surface area contributed by atoms with E-state index in [1.54, 1.807) is 0 Å². The lowest BCUT2D eigenvalue weighted by Crippen LogP contribution is -2.50. The predicted octanol–water partition coefficient (Wildman–Crippen LogP) is 3.76. The van der Waals surface area contributed by atoms with Crippen LogP contribution in [0, 0.1) is 20.8 Å². The van der Waals surface area contributed by atoms with Gasteiger partial charge in [0.1, 0.15) is 5.75 Å². The Morgan fingerprint density at radius 1 is 0.828 bits per heavy atom. The maximum absolute atomic E-state index is 12.7. The molecule has 2 aromatic rings. The number of ether oxygens (including phenoxy) is 1. The van der Waals surface area contributed by atoms with Gasteiger partial charge in [0.2, 0.25) is 5.91 Å². The van der Waals surface area contributed by atoms with Crippen LogP contribution in [0.25, 0.3) is 0 Å². The van der Waals surface area contributed by atoms with Gasteiger partial charge in [-0.3, -0.25) is 9.59 Å². The predicted molar refractivity (Wildman–Crippen MR) is 114 cm³/mol. The second kappa shape index (κ2) is 9.59. The summed E-state index contributed by atoms with van der Waals surface area (Å²) < 4.78 is 5.89. The summed E-state index contributed by atoms with van der Waals surface area (Å²) in [6.45, 7) is 8.89. The standard InChI is InChI=1S/C24H30N2O3/c1-18-8-4-5-11-21(18)24(28)26-15-13-25(14-16-26)22(27)12-7-17-29-23-19(2)9-6-10-20(23)3/h4-6,8-11H,7,12-17H2,1-3H3. The maximum Gasteiger partial charge on any atom is 0.254 e. The van der Waals surface area contributed by atoms with Crippen molar-refractivity contribution in [1.82, 2.24) is 9.80 Å². The molecule has 1 aliphatic rings. The zero-order valence-electron chi connectivity index (χ0n) is 17.6. The first kappa shape index (κ1) is 20.9. The fourth-order valence-electron chi connectivity index (χ4n) is 3.72. The van der Waals surface area contributed by atoms with E-state index in [4.69, 9.17) is 4.74 Å². The van der Waals surface area contributed by atoms with Gasteiger partial charge >= 0.3 is 0 Å². The third kappa shape index (κ3) is 5.17. The summed E-state index contributed by atoms with van der Waals surface area (Å²) in [5.41, 5.74) is 3.97. The molecule has 154 valence electrons. The van der Waals surface area contributed by atoms with Crippen LogP contribution in [0.15, 0.2) is 42.5 Å². The Bertz CT molecular complexity index is 850. The van der Waals surface area contributed by atoms with Crippen LogP contribution in [-0.2, 0) is 4.79 Å². The molecule has 0 unspecified atom stereocenters. The Balaban J connectivity index is 1.42. The van der Waals surface area contributed by atoms with Crippen LogP contribution in [0.1, 0.15) is 39.9 Å². The number of amides is 2. The minimum absolute atomic E-state index is 0.0530. The van der Waals surface area contributed by atoms with Crippen molar-refractivity contribution in [3.8, 4) is 5.75 Å². The Hall–Kier alpha value is -2.82. The SMILES string of the molecule is Cc1ccccc1C(=O)N1CCN(C(=O)CCCOc2c(C)cccc2C)CC1. The second-order valence-electron chi connectivity index (χ2n) is 7.66. The maximum atomic E-state index is 12.7. The molecule has 2 amide bonds. The Morgan fingerprint density at radius 2 is 1.41 bits per heavy atom. The van der Waals surface area contributed by atoms with Gasteiger partial charge < -0.3 is 14.5 Å². The number of benzene rings is 2. The van der Waals surface area contributed by atoms with Crippen LogP contribution in [-0.4, -0.2) is 54.4 Å². The van der Waals surface area contributed by atoms with Gasteiger partial charge in [0, 0.05) is 38.2 Å². The summed E-state index contributed by atoms with van der Waals surface area (Å²) in [6.07, 6.45) is 1.16. The van der Waals surface area contributed by atoms with Crippen molar-refractivity contribution < 1.29 is 14.3 Å². The third-order valence-electron chi connectivity index (χ3n) is 5.49. The number of nitrogens with zero attached hydrogens (tertiary/aromatic N) is 2. The molecule has 29 heavy (non-hydrogen) atoms. The summed E-state index contributed by atoms with van der Waals surface area (Å²) in [6, 6.07) is 13.7. The molecular weight excluding hydrogens is 364 g/mol. The highest BCUT2D eigenvalue weighted by atomic mass is 16.5. The minimum Gasteiger partial charge on any atom is -0.493 e. The first-order valence-corrected chi connectivity index (χ1v) is 10.3. The summed E-state index contributed by atoms with van der Waals surface area (Å²) in [7, 11) is 0. The molecule has 0 spiro atoms. The van der Waals surface area contributed by atoms with Gasteiger partial charge in [-0.15, -0.1) is 0 Å². The molecule has 1 fully saturated rings. The molecule has 0 aliphatic carbocycles. The topological polar surface area (TPSA) is 49.9 Å². The molecule has 5 nitrogen and oxygen atoms in total. The van der Waals surface area contributed by atoms with E-state index in [0.717, 1.165) is 28.0 Å². The van der Waals surface area contributed by atoms with E-state index in [1.807, 2.05) is 73.0 Å². The van der Waals surface area contributed by atoms with Crippen LogP contribution in [0.3, 0.4) is 0 Å². The lowest BCUT2D eigenvalue weighted by atomic mass is 10.1. The summed E-state index contributed by atoms with van der Waals surface area (Å²) >= 11 is 0. The number of rotatable bonds is 6. The van der Waals surface area contributed by atoms with Gasteiger partial charge in [-0.2, -0.15) is 0 Å². The zero-order valence-corrected chi connectivity index (χ0v) is 17.6. The molecular formula is C24H30N2O3. The molecule has 0 atom stereocenters. The smallest absolute Gasteiger partial charge is 0.254 e. The molecule has 0 bridgehead atoms. The van der Waals surface area contributed by atoms with Crippen molar-refractivity contribution in [2.75, 3.05) is 32.8 Å². The summed E-state index contributed by atoms with van der Waals surface area (Å²) in [5.74, 6) is 1.11. The van der Waals surface area contributed by atoms with Crippen molar-refractivity contribution in [2.45, 2.75) is 33.6 Å². The fraction of sp³-hybridized carbons (Fsp3) is 0.417. The number of aryl methyl sites for hydroxylation is 3. The van der Waals surface area contributed by atoms with Crippen molar-refractivity contribution >= 4 is 11.8 Å². The highest BCUT2D eigenvalue weighted by Gasteiger charge is 2.25. The number of para-hydroxylation sites is 1. The van der Waals surface area contributed by atoms with E-state index in [1.165, 1.54) is 0 Å². The van der Waals surface area contributed by atoms with Crippen LogP contribution >= 0.6 is 0 Å². The molecule has 0 radical (unpaired) electrons. The highest BCUT2D eigenvalue weighted by molar-refractivity contribution is 5.95. The Kier molecular flexibility index (Phi) is 6.91. The second-order valence-corrected chi connectivity index (χ2v) is 7.66. The van der Waals surface area contributed by atoms with E-state index in [9.17, 15) is 9.59 Å². The first-order valence-electron chi connectivity index (χ1n) is 10.3. The number of piperazine rings is 1. The van der Waals surface area contributed by atoms with Gasteiger partial charge in [0.25, 0.3) is 5.91 Å². The van der Waals surface area contributed by atoms with Gasteiger partial charge in [0.05, 0.1) is 6.61 Å². The van der Waals surface area contributed by atoms with E-state index in [0.29, 0.717) is 45.6 Å². The molecule has 1 aliphatic heterocycles. The summed E-state index contributed by atoms with van der Waals surface area (Å²) in [5, 5.41) is 0. The number of hydrogen-bond donors (Lipinski definition) is 0. The van der Waals surface area contributed by atoms with Crippen molar-refractivity contribution in [3.63, 3.8) is 0 Å². The monoisotopic (exact) mass is 394 g/mol. The van der Waals surface area contributed by atoms with Gasteiger partial charge in [-0.05, 0) is 49.9 Å². The van der Waals surface area contributed by atoms with Crippen molar-refractivity contribution in [2.24, 2.45) is 0 Å². The van der Waals surface area contributed by atoms with Crippen LogP contribution in [0.5, 0.6) is 5.75 Å². The van der Waals surface area contributed by atoms with E-state index < -0.39 is 0 Å². The molecule has 5 heteroatoms. The van der Waals surface area contributed by atoms with Crippen LogP contribution in [0.4, 0.5) is 0 Å². The van der Waals surface area contributed by atoms with Crippen LogP contribution in [0.2, 0.25) is 0 Å². The number of hydrogen-bond acceptors (Lipinski definition) is 3. The minimum atomic E-state index is 0.0530. The molecule has 0 N–H and O–H groups in total. The van der Waals surface area contributed by atoms with Gasteiger partial charge in [0.15, 0.2) is 0 Å². The average molecular weight is 395 g/mol. The normalized spacial score (nSPS) is 14.0. The van der Waals surface area contributed by atoms with E-state index in [-0.39, 0.29) is 11.8 Å². The molecule has 0 saturated carbocycles. The quantitative estimate of drug-likeness (QED) is 0.701. The largest absolute Gasteiger partial charge is 0.493 e. The number of carbonyl (C=O) groups excluding carboxylic acids is 2. The highest BCUT2D eigenvalue weighted by Crippen LogP contribution is 2.22. The van der Waals surface area contributed by atoms with Crippen LogP contribution < -0.4 is 4.74 Å². The van der Waals surface area contributed by atoms with Crippen molar-refractivity contribution in [3.05, 3.63) is 64.7 Å².